The Bertz CT molecular complexity index is 456. The van der Waals surface area contributed by atoms with E-state index in [0.29, 0.717) is 11.8 Å². The van der Waals surface area contributed by atoms with Gasteiger partial charge in [0.25, 0.3) is 0 Å². The molecule has 0 saturated heterocycles. The van der Waals surface area contributed by atoms with Crippen LogP contribution in [0.4, 0.5) is 0 Å². The zero-order chi connectivity index (χ0) is 17.7. The molecular formula is C24H38. The average molecular weight is 327 g/mol. The Morgan fingerprint density at radius 1 is 0.625 bits per heavy atom. The van der Waals surface area contributed by atoms with Gasteiger partial charge in [0, 0.05) is 11.8 Å². The van der Waals surface area contributed by atoms with Gasteiger partial charge in [0.15, 0.2) is 0 Å². The summed E-state index contributed by atoms with van der Waals surface area (Å²) in [5, 5.41) is 0. The van der Waals surface area contributed by atoms with Gasteiger partial charge < -0.3 is 0 Å². The lowest BCUT2D eigenvalue weighted by Crippen LogP contribution is -2.26. The Labute approximate surface area is 151 Å². The van der Waals surface area contributed by atoms with Crippen molar-refractivity contribution in [2.75, 3.05) is 0 Å². The molecule has 0 aromatic rings. The molecule has 134 valence electrons. The first-order valence-corrected chi connectivity index (χ1v) is 10.4. The topological polar surface area (TPSA) is 0 Å². The van der Waals surface area contributed by atoms with E-state index < -0.39 is 0 Å². The minimum absolute atomic E-state index is 0.564. The third-order valence-electron chi connectivity index (χ3n) is 6.62. The molecule has 0 heterocycles. The molecule has 2 fully saturated rings. The van der Waals surface area contributed by atoms with Gasteiger partial charge in [0.2, 0.25) is 0 Å². The summed E-state index contributed by atoms with van der Waals surface area (Å²) < 4.78 is 0. The maximum atomic E-state index is 3.55. The molecular weight excluding hydrogens is 288 g/mol. The predicted molar refractivity (Wildman–Crippen MR) is 105 cm³/mol. The standard InChI is InChI=1S/C24H38/c1-17(2)23-13-11-19(5)15-21(23)9-7-8-10-22-16-20(6)12-14-24(22)18(3)4/h17-24H,11-16H2,1-6H3/t19-,20-,21-,22-,23+,24+/m1/s1. The van der Waals surface area contributed by atoms with E-state index in [4.69, 9.17) is 0 Å². The van der Waals surface area contributed by atoms with Crippen molar-refractivity contribution >= 4 is 0 Å². The number of hydrogen-bond donors (Lipinski definition) is 0. The Kier molecular flexibility index (Phi) is 7.29. The fourth-order valence-corrected chi connectivity index (χ4v) is 4.99. The largest absolute Gasteiger partial charge is 0.0854 e. The molecule has 0 aromatic carbocycles. The number of hydrogen-bond acceptors (Lipinski definition) is 0. The fraction of sp³-hybridized carbons (Fsp3) is 0.833. The van der Waals surface area contributed by atoms with Crippen molar-refractivity contribution in [3.8, 4) is 23.7 Å². The third kappa shape index (κ3) is 5.31. The molecule has 2 rings (SSSR count). The highest BCUT2D eigenvalue weighted by atomic mass is 14.3. The second kappa shape index (κ2) is 8.99. The van der Waals surface area contributed by atoms with E-state index in [1.807, 2.05) is 0 Å². The summed E-state index contributed by atoms with van der Waals surface area (Å²) in [5.41, 5.74) is 0. The minimum atomic E-state index is 0.564. The van der Waals surface area contributed by atoms with Gasteiger partial charge >= 0.3 is 0 Å². The highest BCUT2D eigenvalue weighted by Gasteiger charge is 2.30. The van der Waals surface area contributed by atoms with Crippen LogP contribution in [0.25, 0.3) is 0 Å². The molecule has 0 nitrogen and oxygen atoms in total. The van der Waals surface area contributed by atoms with E-state index in [1.165, 1.54) is 38.5 Å². The summed E-state index contributed by atoms with van der Waals surface area (Å²) in [6, 6.07) is 0. The maximum absolute atomic E-state index is 3.55. The molecule has 0 unspecified atom stereocenters. The van der Waals surface area contributed by atoms with E-state index in [9.17, 15) is 0 Å². The molecule has 0 amide bonds. The molecule has 0 bridgehead atoms. The lowest BCUT2D eigenvalue weighted by atomic mass is 9.70. The monoisotopic (exact) mass is 326 g/mol. The first kappa shape index (κ1) is 19.4. The van der Waals surface area contributed by atoms with Crippen LogP contribution in [-0.2, 0) is 0 Å². The van der Waals surface area contributed by atoms with Gasteiger partial charge in [-0.05, 0) is 73.0 Å². The molecule has 6 atom stereocenters. The highest BCUT2D eigenvalue weighted by molar-refractivity contribution is 5.29. The highest BCUT2D eigenvalue weighted by Crippen LogP contribution is 2.38. The van der Waals surface area contributed by atoms with Crippen LogP contribution in [0.5, 0.6) is 0 Å². The van der Waals surface area contributed by atoms with Crippen molar-refractivity contribution in [1.82, 2.24) is 0 Å². The Balaban J connectivity index is 2.04. The summed E-state index contributed by atoms with van der Waals surface area (Å²) in [4.78, 5) is 0. The average Bonchev–Trinajstić information content (AvgIpc) is 2.51. The van der Waals surface area contributed by atoms with E-state index in [2.05, 4.69) is 65.2 Å². The van der Waals surface area contributed by atoms with Gasteiger partial charge in [-0.25, -0.2) is 0 Å². The Morgan fingerprint density at radius 3 is 1.33 bits per heavy atom. The van der Waals surface area contributed by atoms with Crippen molar-refractivity contribution in [2.24, 2.45) is 47.3 Å². The third-order valence-corrected chi connectivity index (χ3v) is 6.62. The van der Waals surface area contributed by atoms with Crippen LogP contribution in [0.3, 0.4) is 0 Å². The van der Waals surface area contributed by atoms with Gasteiger partial charge in [-0.2, -0.15) is 0 Å². The molecule has 24 heavy (non-hydrogen) atoms. The van der Waals surface area contributed by atoms with Gasteiger partial charge in [-0.3, -0.25) is 0 Å². The second-order valence-electron chi connectivity index (χ2n) is 9.40. The van der Waals surface area contributed by atoms with Crippen LogP contribution in [0.2, 0.25) is 0 Å². The van der Waals surface area contributed by atoms with E-state index >= 15 is 0 Å². The second-order valence-corrected chi connectivity index (χ2v) is 9.40. The van der Waals surface area contributed by atoms with Crippen molar-refractivity contribution in [3.63, 3.8) is 0 Å². The molecule has 0 aromatic heterocycles. The molecule has 2 saturated carbocycles. The van der Waals surface area contributed by atoms with Crippen LogP contribution in [0.15, 0.2) is 0 Å². The molecule has 0 aliphatic heterocycles. The molecule has 0 radical (unpaired) electrons. The normalized spacial score (nSPS) is 36.7. The smallest absolute Gasteiger partial charge is 0.0246 e. The van der Waals surface area contributed by atoms with Crippen molar-refractivity contribution in [3.05, 3.63) is 0 Å². The van der Waals surface area contributed by atoms with E-state index in [1.54, 1.807) is 0 Å². The number of rotatable bonds is 2. The first-order valence-electron chi connectivity index (χ1n) is 10.4. The Hall–Kier alpha value is -0.880. The maximum Gasteiger partial charge on any atom is 0.0246 e. The molecule has 2 aliphatic rings. The van der Waals surface area contributed by atoms with Crippen molar-refractivity contribution < 1.29 is 0 Å². The van der Waals surface area contributed by atoms with Crippen molar-refractivity contribution in [2.45, 2.75) is 80.1 Å². The summed E-state index contributed by atoms with van der Waals surface area (Å²) in [7, 11) is 0. The van der Waals surface area contributed by atoms with Gasteiger partial charge in [-0.15, -0.1) is 0 Å². The van der Waals surface area contributed by atoms with Crippen LogP contribution in [0.1, 0.15) is 80.1 Å². The van der Waals surface area contributed by atoms with Crippen LogP contribution in [0, 0.1) is 71.0 Å². The molecule has 0 N–H and O–H groups in total. The van der Waals surface area contributed by atoms with Gasteiger partial charge in [-0.1, -0.05) is 66.2 Å². The summed E-state index contributed by atoms with van der Waals surface area (Å²) >= 11 is 0. The van der Waals surface area contributed by atoms with Crippen LogP contribution in [-0.4, -0.2) is 0 Å². The SMILES string of the molecule is CC(C)[C@@H]1CC[C@@H](C)C[C@H]1C#CC#C[C@@H]1C[C@H](C)CC[C@H]1C(C)C. The van der Waals surface area contributed by atoms with Gasteiger partial charge in [0.05, 0.1) is 0 Å². The van der Waals surface area contributed by atoms with Crippen LogP contribution >= 0.6 is 0 Å². The predicted octanol–water partition coefficient (Wildman–Crippen LogP) is 6.41. The van der Waals surface area contributed by atoms with Gasteiger partial charge in [0.1, 0.15) is 0 Å². The zero-order valence-electron chi connectivity index (χ0n) is 16.9. The minimum Gasteiger partial charge on any atom is -0.0854 e. The van der Waals surface area contributed by atoms with Crippen LogP contribution < -0.4 is 0 Å². The van der Waals surface area contributed by atoms with E-state index in [0.717, 1.165) is 35.5 Å². The summed E-state index contributed by atoms with van der Waals surface area (Å²) in [5.74, 6) is 19.5. The van der Waals surface area contributed by atoms with Crippen molar-refractivity contribution in [1.29, 1.82) is 0 Å². The fourth-order valence-electron chi connectivity index (χ4n) is 4.99. The first-order chi connectivity index (χ1) is 11.4. The lowest BCUT2D eigenvalue weighted by molar-refractivity contribution is 0.184. The zero-order valence-corrected chi connectivity index (χ0v) is 16.9. The molecule has 0 spiro atoms. The van der Waals surface area contributed by atoms with E-state index in [-0.39, 0.29) is 0 Å². The summed E-state index contributed by atoms with van der Waals surface area (Å²) in [6.07, 6.45) is 7.99. The molecule has 2 aliphatic carbocycles. The lowest BCUT2D eigenvalue weighted by Gasteiger charge is -2.34. The Morgan fingerprint density at radius 2 is 1.00 bits per heavy atom. The summed E-state index contributed by atoms with van der Waals surface area (Å²) in [6.45, 7) is 14.2. The molecule has 0 heteroatoms. The quantitative estimate of drug-likeness (QED) is 0.514.